The van der Waals surface area contributed by atoms with Crippen molar-refractivity contribution >= 4 is 65.0 Å². The average Bonchev–Trinajstić information content (AvgIpc) is 3.43. The molecule has 8 aromatic carbocycles. The number of rotatable bonds is 2. The van der Waals surface area contributed by atoms with Crippen molar-refractivity contribution in [3.63, 3.8) is 0 Å². The summed E-state index contributed by atoms with van der Waals surface area (Å²) in [4.78, 5) is 0. The van der Waals surface area contributed by atoms with Crippen LogP contribution >= 0.6 is 0 Å². The van der Waals surface area contributed by atoms with Crippen LogP contribution in [0.2, 0.25) is 0 Å². The second kappa shape index (κ2) is 8.55. The molecule has 0 atom stereocenters. The van der Waals surface area contributed by atoms with Gasteiger partial charge in [-0.1, -0.05) is 121 Å². The lowest BCUT2D eigenvalue weighted by Crippen LogP contribution is -1.88. The lowest BCUT2D eigenvalue weighted by Gasteiger charge is -2.15. The first-order valence-electron chi connectivity index (χ1n) is 14.1. The fraction of sp³-hybridized carbons (Fsp3) is 0. The first-order valence-corrected chi connectivity index (χ1v) is 14.1. The van der Waals surface area contributed by atoms with Crippen molar-refractivity contribution in [3.8, 4) is 22.3 Å². The minimum atomic E-state index is 0.918. The van der Waals surface area contributed by atoms with Gasteiger partial charge in [0.15, 0.2) is 0 Å². The monoisotopic (exact) mass is 520 g/mol. The first kappa shape index (κ1) is 22.4. The fourth-order valence-electron chi connectivity index (χ4n) is 6.80. The Morgan fingerprint density at radius 2 is 1.00 bits per heavy atom. The molecule has 9 rings (SSSR count). The quantitative estimate of drug-likeness (QED) is 0.163. The van der Waals surface area contributed by atoms with E-state index in [4.69, 9.17) is 4.42 Å². The molecule has 0 bridgehead atoms. The van der Waals surface area contributed by atoms with Gasteiger partial charge in [-0.2, -0.15) is 0 Å². The summed E-state index contributed by atoms with van der Waals surface area (Å²) < 4.78 is 6.39. The topological polar surface area (TPSA) is 13.1 Å². The highest BCUT2D eigenvalue weighted by Gasteiger charge is 2.17. The van der Waals surface area contributed by atoms with E-state index in [9.17, 15) is 0 Å². The molecule has 0 saturated carbocycles. The zero-order valence-corrected chi connectivity index (χ0v) is 22.3. The molecule has 1 nitrogen and oxygen atoms in total. The summed E-state index contributed by atoms with van der Waals surface area (Å²) in [6.07, 6.45) is 0. The first-order chi connectivity index (χ1) is 20.3. The Labute approximate surface area is 236 Å². The van der Waals surface area contributed by atoms with Gasteiger partial charge in [-0.05, 0) is 89.6 Å². The van der Waals surface area contributed by atoms with Gasteiger partial charge in [0.2, 0.25) is 0 Å². The molecule has 0 N–H and O–H groups in total. The molecule has 0 fully saturated rings. The molecule has 0 unspecified atom stereocenters. The highest BCUT2D eigenvalue weighted by molar-refractivity contribution is 6.23. The minimum Gasteiger partial charge on any atom is -0.456 e. The van der Waals surface area contributed by atoms with Crippen molar-refractivity contribution in [2.75, 3.05) is 0 Å². The Morgan fingerprint density at radius 3 is 1.88 bits per heavy atom. The predicted octanol–water partition coefficient (Wildman–Crippen LogP) is 11.5. The van der Waals surface area contributed by atoms with Crippen molar-refractivity contribution in [2.45, 2.75) is 0 Å². The standard InChI is InChI=1S/C40H24O/c1-4-14-30-25(9-1)19-21-34-35(30)24-28-11-3-6-16-32(28)38(34)29-13-7-12-27(23-29)33-17-8-18-36-40(33)39-31-15-5-2-10-26(31)20-22-37(39)41-36/h1-24H. The van der Waals surface area contributed by atoms with Crippen molar-refractivity contribution in [2.24, 2.45) is 0 Å². The van der Waals surface area contributed by atoms with Gasteiger partial charge in [-0.15, -0.1) is 0 Å². The molecular formula is C40H24O. The summed E-state index contributed by atoms with van der Waals surface area (Å²) >= 11 is 0. The molecule has 0 aliphatic heterocycles. The van der Waals surface area contributed by atoms with Crippen LogP contribution in [0.5, 0.6) is 0 Å². The third-order valence-electron chi connectivity index (χ3n) is 8.62. The fourth-order valence-corrected chi connectivity index (χ4v) is 6.80. The van der Waals surface area contributed by atoms with E-state index in [2.05, 4.69) is 146 Å². The van der Waals surface area contributed by atoms with Gasteiger partial charge < -0.3 is 4.42 Å². The van der Waals surface area contributed by atoms with Gasteiger partial charge in [0.1, 0.15) is 11.2 Å². The van der Waals surface area contributed by atoms with Crippen molar-refractivity contribution in [1.82, 2.24) is 0 Å². The van der Waals surface area contributed by atoms with Crippen LogP contribution in [0.3, 0.4) is 0 Å². The normalized spacial score (nSPS) is 11.9. The van der Waals surface area contributed by atoms with Gasteiger partial charge in [0.25, 0.3) is 0 Å². The molecule has 1 heterocycles. The maximum Gasteiger partial charge on any atom is 0.136 e. The third kappa shape index (κ3) is 3.30. The molecule has 9 aromatic rings. The van der Waals surface area contributed by atoms with Gasteiger partial charge in [0.05, 0.1) is 0 Å². The average molecular weight is 521 g/mol. The van der Waals surface area contributed by atoms with Crippen molar-refractivity contribution in [3.05, 3.63) is 146 Å². The van der Waals surface area contributed by atoms with Crippen LogP contribution in [0.4, 0.5) is 0 Å². The Balaban J connectivity index is 1.36. The third-order valence-corrected chi connectivity index (χ3v) is 8.62. The van der Waals surface area contributed by atoms with Crippen LogP contribution < -0.4 is 0 Å². The zero-order chi connectivity index (χ0) is 26.9. The molecule has 0 radical (unpaired) electrons. The largest absolute Gasteiger partial charge is 0.456 e. The Hall–Kier alpha value is -5.40. The summed E-state index contributed by atoms with van der Waals surface area (Å²) in [5.74, 6) is 0. The second-order valence-electron chi connectivity index (χ2n) is 10.9. The summed E-state index contributed by atoms with van der Waals surface area (Å²) in [7, 11) is 0. The number of hydrogen-bond donors (Lipinski definition) is 0. The van der Waals surface area contributed by atoms with E-state index in [1.165, 1.54) is 76.1 Å². The minimum absolute atomic E-state index is 0.918. The molecule has 0 spiro atoms. The Kier molecular flexibility index (Phi) is 4.67. The van der Waals surface area contributed by atoms with E-state index in [-0.39, 0.29) is 0 Å². The molecule has 1 heteroatoms. The van der Waals surface area contributed by atoms with Crippen LogP contribution in [0, 0.1) is 0 Å². The summed E-state index contributed by atoms with van der Waals surface area (Å²) in [6.45, 7) is 0. The van der Waals surface area contributed by atoms with E-state index in [0.717, 1.165) is 11.2 Å². The van der Waals surface area contributed by atoms with E-state index < -0.39 is 0 Å². The molecular weight excluding hydrogens is 496 g/mol. The van der Waals surface area contributed by atoms with Gasteiger partial charge in [-0.25, -0.2) is 0 Å². The summed E-state index contributed by atoms with van der Waals surface area (Å²) in [5.41, 5.74) is 6.71. The predicted molar refractivity (Wildman–Crippen MR) is 175 cm³/mol. The second-order valence-corrected chi connectivity index (χ2v) is 10.9. The van der Waals surface area contributed by atoms with Crippen LogP contribution in [0.25, 0.3) is 87.3 Å². The van der Waals surface area contributed by atoms with Crippen LogP contribution in [-0.2, 0) is 0 Å². The summed E-state index contributed by atoms with van der Waals surface area (Å²) in [6, 6.07) is 52.6. The smallest absolute Gasteiger partial charge is 0.136 e. The number of hydrogen-bond acceptors (Lipinski definition) is 1. The van der Waals surface area contributed by atoms with E-state index >= 15 is 0 Å². The highest BCUT2D eigenvalue weighted by Crippen LogP contribution is 2.43. The molecule has 190 valence electrons. The molecule has 0 aliphatic carbocycles. The Bertz CT molecular complexity index is 2480. The number of furan rings is 1. The number of benzene rings is 8. The molecule has 0 saturated heterocycles. The molecule has 0 aliphatic rings. The molecule has 0 amide bonds. The number of fused-ring (bicyclic) bond motifs is 9. The maximum atomic E-state index is 6.39. The molecule has 1 aromatic heterocycles. The van der Waals surface area contributed by atoms with Gasteiger partial charge >= 0.3 is 0 Å². The van der Waals surface area contributed by atoms with Crippen molar-refractivity contribution in [1.29, 1.82) is 0 Å². The van der Waals surface area contributed by atoms with E-state index in [1.54, 1.807) is 0 Å². The van der Waals surface area contributed by atoms with E-state index in [1.807, 2.05) is 0 Å². The SMILES string of the molecule is c1cc(-c2c3ccccc3cc3c2ccc2ccccc23)cc(-c2cccc3oc4ccc5ccccc5c4c23)c1. The van der Waals surface area contributed by atoms with Gasteiger partial charge in [-0.3, -0.25) is 0 Å². The summed E-state index contributed by atoms with van der Waals surface area (Å²) in [5, 5.41) is 12.4. The van der Waals surface area contributed by atoms with Crippen LogP contribution in [0.1, 0.15) is 0 Å². The Morgan fingerprint density at radius 1 is 0.341 bits per heavy atom. The molecule has 41 heavy (non-hydrogen) atoms. The van der Waals surface area contributed by atoms with Gasteiger partial charge in [0, 0.05) is 10.8 Å². The van der Waals surface area contributed by atoms with Crippen LogP contribution in [-0.4, -0.2) is 0 Å². The highest BCUT2D eigenvalue weighted by atomic mass is 16.3. The van der Waals surface area contributed by atoms with E-state index in [0.29, 0.717) is 0 Å². The van der Waals surface area contributed by atoms with Crippen molar-refractivity contribution < 1.29 is 4.42 Å². The zero-order valence-electron chi connectivity index (χ0n) is 22.3. The van der Waals surface area contributed by atoms with Crippen LogP contribution in [0.15, 0.2) is 150 Å². The maximum absolute atomic E-state index is 6.39. The lowest BCUT2D eigenvalue weighted by molar-refractivity contribution is 0.669. The lowest BCUT2D eigenvalue weighted by atomic mass is 9.88.